The average Bonchev–Trinajstić information content (AvgIpc) is 2.48. The number of carbonyl (C=O) groups is 2. The highest BCUT2D eigenvalue weighted by Crippen LogP contribution is 2.30. The lowest BCUT2D eigenvalue weighted by molar-refractivity contribution is -0.160. The van der Waals surface area contributed by atoms with Gasteiger partial charge in [-0.1, -0.05) is 47.1 Å². The van der Waals surface area contributed by atoms with Gasteiger partial charge in [0.15, 0.2) is 0 Å². The molecule has 3 atom stereocenters. The van der Waals surface area contributed by atoms with Gasteiger partial charge in [-0.15, -0.1) is 0 Å². The van der Waals surface area contributed by atoms with Gasteiger partial charge < -0.3 is 9.64 Å². The van der Waals surface area contributed by atoms with E-state index in [1.54, 1.807) is 11.9 Å². The summed E-state index contributed by atoms with van der Waals surface area (Å²) in [6.45, 7) is 10.5. The number of amides is 1. The zero-order valence-electron chi connectivity index (χ0n) is 16.3. The molecule has 0 radical (unpaired) electrons. The van der Waals surface area contributed by atoms with Gasteiger partial charge in [-0.3, -0.25) is 9.59 Å². The first-order valence-electron chi connectivity index (χ1n) is 9.24. The van der Waals surface area contributed by atoms with E-state index >= 15 is 0 Å². The molecule has 4 heteroatoms. The Bertz CT molecular complexity index is 450. The minimum Gasteiger partial charge on any atom is -0.462 e. The largest absolute Gasteiger partial charge is 0.462 e. The molecule has 24 heavy (non-hydrogen) atoms. The molecule has 0 spiro atoms. The number of hydrogen-bond donors (Lipinski definition) is 0. The summed E-state index contributed by atoms with van der Waals surface area (Å²) in [4.78, 5) is 26.2. The van der Waals surface area contributed by atoms with Gasteiger partial charge in [-0.05, 0) is 37.0 Å². The number of hydrogen-bond acceptors (Lipinski definition) is 3. The van der Waals surface area contributed by atoms with Crippen LogP contribution in [-0.2, 0) is 14.3 Å². The van der Waals surface area contributed by atoms with Crippen molar-refractivity contribution in [3.05, 3.63) is 12.3 Å². The van der Waals surface area contributed by atoms with E-state index in [9.17, 15) is 9.59 Å². The van der Waals surface area contributed by atoms with Crippen LogP contribution in [0.15, 0.2) is 12.3 Å². The van der Waals surface area contributed by atoms with Gasteiger partial charge >= 0.3 is 5.97 Å². The number of esters is 1. The fraction of sp³-hybridized carbons (Fsp3) is 0.800. The summed E-state index contributed by atoms with van der Waals surface area (Å²) in [5.74, 6) is 0.355. The molecule has 1 rings (SSSR count). The lowest BCUT2D eigenvalue weighted by atomic mass is 9.82. The fourth-order valence-electron chi connectivity index (χ4n) is 2.88. The molecular weight excluding hydrogens is 302 g/mol. The summed E-state index contributed by atoms with van der Waals surface area (Å²) in [6.07, 6.45) is 8.48. The summed E-state index contributed by atoms with van der Waals surface area (Å²) in [5.41, 5.74) is -0.0759. The second-order valence-electron chi connectivity index (χ2n) is 8.39. The third-order valence-electron chi connectivity index (χ3n) is 4.82. The number of rotatable bonds is 0. The first-order valence-corrected chi connectivity index (χ1v) is 9.24. The Balaban J connectivity index is 2.86. The summed E-state index contributed by atoms with van der Waals surface area (Å²) in [6, 6.07) is 0. The van der Waals surface area contributed by atoms with Gasteiger partial charge in [-0.2, -0.15) is 0 Å². The van der Waals surface area contributed by atoms with Gasteiger partial charge in [-0.25, -0.2) is 0 Å². The zero-order chi connectivity index (χ0) is 18.3. The van der Waals surface area contributed by atoms with E-state index in [0.29, 0.717) is 12.3 Å². The quantitative estimate of drug-likeness (QED) is 0.610. The molecule has 0 fully saturated rings. The standard InChI is InChI=1S/C20H35NO3/c1-15-10-9-12-18(22)21(6)13-8-7-11-16(2)19(23)24-17(14-15)20(3,4)5/h8,13,15-17H,7,9-12,14H2,1-6H3/t15-,16-,17-/m0/s1. The van der Waals surface area contributed by atoms with Crippen molar-refractivity contribution in [3.8, 4) is 0 Å². The van der Waals surface area contributed by atoms with Crippen molar-refractivity contribution in [1.29, 1.82) is 0 Å². The Labute approximate surface area is 147 Å². The molecule has 0 aromatic carbocycles. The van der Waals surface area contributed by atoms with E-state index in [2.05, 4.69) is 27.7 Å². The van der Waals surface area contributed by atoms with Crippen molar-refractivity contribution in [2.75, 3.05) is 7.05 Å². The summed E-state index contributed by atoms with van der Waals surface area (Å²) in [5, 5.41) is 0. The van der Waals surface area contributed by atoms with E-state index in [4.69, 9.17) is 4.74 Å². The topological polar surface area (TPSA) is 46.6 Å². The molecule has 0 unspecified atom stereocenters. The Kier molecular flexibility index (Phi) is 7.98. The van der Waals surface area contributed by atoms with E-state index in [0.717, 1.165) is 32.1 Å². The molecular formula is C20H35NO3. The number of ether oxygens (including phenoxy) is 1. The minimum atomic E-state index is -0.124. The third kappa shape index (κ3) is 7.06. The normalized spacial score (nSPS) is 28.9. The molecule has 0 saturated carbocycles. The van der Waals surface area contributed by atoms with Crippen LogP contribution in [0.4, 0.5) is 0 Å². The molecule has 0 aromatic heterocycles. The molecule has 4 nitrogen and oxygen atoms in total. The Morgan fingerprint density at radius 2 is 1.83 bits per heavy atom. The Hall–Kier alpha value is -1.32. The van der Waals surface area contributed by atoms with Crippen molar-refractivity contribution in [2.45, 2.75) is 79.2 Å². The van der Waals surface area contributed by atoms with Crippen LogP contribution in [0.3, 0.4) is 0 Å². The van der Waals surface area contributed by atoms with E-state index in [-0.39, 0.29) is 29.3 Å². The number of cyclic esters (lactones) is 1. The Morgan fingerprint density at radius 3 is 2.46 bits per heavy atom. The van der Waals surface area contributed by atoms with Crippen molar-refractivity contribution >= 4 is 11.9 Å². The summed E-state index contributed by atoms with van der Waals surface area (Å²) in [7, 11) is 1.80. The van der Waals surface area contributed by atoms with Crippen LogP contribution in [0.2, 0.25) is 0 Å². The smallest absolute Gasteiger partial charge is 0.308 e. The van der Waals surface area contributed by atoms with Gasteiger partial charge in [0, 0.05) is 19.7 Å². The number of allylic oxidation sites excluding steroid dienone is 1. The van der Waals surface area contributed by atoms with Gasteiger partial charge in [0.25, 0.3) is 0 Å². The highest BCUT2D eigenvalue weighted by Gasteiger charge is 2.31. The van der Waals surface area contributed by atoms with Crippen molar-refractivity contribution in [2.24, 2.45) is 17.3 Å². The first kappa shape index (κ1) is 20.7. The number of carbonyl (C=O) groups excluding carboxylic acids is 2. The van der Waals surface area contributed by atoms with Gasteiger partial charge in [0.05, 0.1) is 5.92 Å². The SMILES string of the molecule is C[C@H]1CCCC(=O)N(C)C=CCC[C@H](C)C(=O)O[C@H](C(C)(C)C)C1. The predicted molar refractivity (Wildman–Crippen MR) is 97.3 cm³/mol. The molecule has 1 amide bonds. The van der Waals surface area contributed by atoms with Crippen LogP contribution in [0.1, 0.15) is 73.1 Å². The van der Waals surface area contributed by atoms with Crippen LogP contribution in [0, 0.1) is 17.3 Å². The number of nitrogens with zero attached hydrogens (tertiary/aromatic N) is 1. The van der Waals surface area contributed by atoms with Crippen LogP contribution in [-0.4, -0.2) is 29.9 Å². The van der Waals surface area contributed by atoms with Crippen molar-refractivity contribution in [3.63, 3.8) is 0 Å². The maximum absolute atomic E-state index is 12.4. The average molecular weight is 338 g/mol. The zero-order valence-corrected chi connectivity index (χ0v) is 16.3. The lowest BCUT2D eigenvalue weighted by Crippen LogP contribution is -2.35. The van der Waals surface area contributed by atoms with E-state index in [1.807, 2.05) is 19.2 Å². The molecule has 1 heterocycles. The van der Waals surface area contributed by atoms with Crippen LogP contribution >= 0.6 is 0 Å². The molecule has 1 aliphatic rings. The highest BCUT2D eigenvalue weighted by molar-refractivity contribution is 5.76. The lowest BCUT2D eigenvalue weighted by Gasteiger charge is -2.33. The summed E-state index contributed by atoms with van der Waals surface area (Å²) >= 11 is 0. The van der Waals surface area contributed by atoms with E-state index < -0.39 is 0 Å². The highest BCUT2D eigenvalue weighted by atomic mass is 16.5. The molecule has 1 aliphatic heterocycles. The van der Waals surface area contributed by atoms with Gasteiger partial charge in [0.1, 0.15) is 6.10 Å². The summed E-state index contributed by atoms with van der Waals surface area (Å²) < 4.78 is 5.88. The monoisotopic (exact) mass is 337 g/mol. The van der Waals surface area contributed by atoms with Crippen LogP contribution in [0.5, 0.6) is 0 Å². The van der Waals surface area contributed by atoms with Crippen LogP contribution < -0.4 is 0 Å². The maximum atomic E-state index is 12.4. The molecule has 138 valence electrons. The molecule has 0 N–H and O–H groups in total. The second-order valence-corrected chi connectivity index (χ2v) is 8.39. The molecule has 0 saturated heterocycles. The first-order chi connectivity index (χ1) is 11.1. The maximum Gasteiger partial charge on any atom is 0.308 e. The Morgan fingerprint density at radius 1 is 1.17 bits per heavy atom. The van der Waals surface area contributed by atoms with Crippen molar-refractivity contribution < 1.29 is 14.3 Å². The van der Waals surface area contributed by atoms with Gasteiger partial charge in [0.2, 0.25) is 5.91 Å². The second kappa shape index (κ2) is 9.24. The minimum absolute atomic E-state index is 0.0759. The fourth-order valence-corrected chi connectivity index (χ4v) is 2.88. The predicted octanol–water partition coefficient (Wildman–Crippen LogP) is 4.54. The molecule has 0 aliphatic carbocycles. The molecule has 0 bridgehead atoms. The molecule has 0 aromatic rings. The third-order valence-corrected chi connectivity index (χ3v) is 4.82. The van der Waals surface area contributed by atoms with Crippen LogP contribution in [0.25, 0.3) is 0 Å². The van der Waals surface area contributed by atoms with E-state index in [1.165, 1.54) is 0 Å². The van der Waals surface area contributed by atoms with Crippen molar-refractivity contribution in [1.82, 2.24) is 4.90 Å².